The second kappa shape index (κ2) is 4.63. The quantitative estimate of drug-likeness (QED) is 0.740. The van der Waals surface area contributed by atoms with E-state index in [4.69, 9.17) is 4.52 Å². The molecule has 15 heavy (non-hydrogen) atoms. The SMILES string of the molecule is CC(C)C(=O)P(C)(=O)Oc1ccccc1. The predicted octanol–water partition coefficient (Wildman–Crippen LogP) is 3.16. The fourth-order valence-electron chi connectivity index (χ4n) is 1.20. The van der Waals surface area contributed by atoms with Crippen LogP contribution in [0.4, 0.5) is 0 Å². The normalized spacial score (nSPS) is 14.7. The summed E-state index contributed by atoms with van der Waals surface area (Å²) in [4.78, 5) is 11.6. The Morgan fingerprint density at radius 2 is 1.80 bits per heavy atom. The summed E-state index contributed by atoms with van der Waals surface area (Å²) in [5.74, 6) is 0.196. The van der Waals surface area contributed by atoms with Crippen molar-refractivity contribution in [2.24, 2.45) is 5.92 Å². The summed E-state index contributed by atoms with van der Waals surface area (Å²) in [6.07, 6.45) is 0. The van der Waals surface area contributed by atoms with Gasteiger partial charge in [0, 0.05) is 12.6 Å². The number of benzene rings is 1. The summed E-state index contributed by atoms with van der Waals surface area (Å²) < 4.78 is 17.2. The molecule has 1 aromatic rings. The molecule has 0 N–H and O–H groups in total. The van der Waals surface area contributed by atoms with Gasteiger partial charge >= 0.3 is 7.37 Å². The van der Waals surface area contributed by atoms with E-state index < -0.39 is 7.37 Å². The molecule has 1 atom stereocenters. The molecule has 0 spiro atoms. The molecule has 0 saturated heterocycles. The summed E-state index contributed by atoms with van der Waals surface area (Å²) in [6, 6.07) is 8.75. The third kappa shape index (κ3) is 3.21. The van der Waals surface area contributed by atoms with Crippen molar-refractivity contribution >= 4 is 12.9 Å². The summed E-state index contributed by atoms with van der Waals surface area (Å²) in [7, 11) is -3.20. The number of hydrogen-bond donors (Lipinski definition) is 0. The van der Waals surface area contributed by atoms with E-state index in [1.165, 1.54) is 6.66 Å². The third-order valence-corrected chi connectivity index (χ3v) is 3.79. The standard InChI is InChI=1S/C11H15O3P/c1-9(2)11(12)15(3,13)14-10-7-5-4-6-8-10/h4-9H,1-3H3. The van der Waals surface area contributed by atoms with Crippen LogP contribution in [-0.2, 0) is 9.36 Å². The van der Waals surface area contributed by atoms with E-state index in [1.54, 1.807) is 38.1 Å². The van der Waals surface area contributed by atoms with Crippen LogP contribution in [-0.4, -0.2) is 12.2 Å². The summed E-state index contributed by atoms with van der Waals surface area (Å²) >= 11 is 0. The van der Waals surface area contributed by atoms with Gasteiger partial charge in [-0.25, -0.2) is 0 Å². The molecule has 0 radical (unpaired) electrons. The van der Waals surface area contributed by atoms with Gasteiger partial charge in [0.05, 0.1) is 0 Å². The van der Waals surface area contributed by atoms with Crippen molar-refractivity contribution < 1.29 is 13.9 Å². The second-order valence-corrected chi connectivity index (χ2v) is 6.06. The first-order valence-electron chi connectivity index (χ1n) is 4.80. The van der Waals surface area contributed by atoms with Crippen LogP contribution in [0.3, 0.4) is 0 Å². The van der Waals surface area contributed by atoms with Crippen molar-refractivity contribution in [3.8, 4) is 5.75 Å². The van der Waals surface area contributed by atoms with Crippen LogP contribution < -0.4 is 4.52 Å². The van der Waals surface area contributed by atoms with Crippen LogP contribution in [0.25, 0.3) is 0 Å². The topological polar surface area (TPSA) is 43.4 Å². The summed E-state index contributed by atoms with van der Waals surface area (Å²) in [5, 5.41) is 0. The molecule has 0 aromatic heterocycles. The molecule has 0 fully saturated rings. The number of carbonyl (C=O) groups is 1. The molecule has 0 aliphatic heterocycles. The van der Waals surface area contributed by atoms with Gasteiger partial charge in [0.25, 0.3) is 0 Å². The van der Waals surface area contributed by atoms with Crippen LogP contribution in [0.2, 0.25) is 0 Å². The molecule has 1 unspecified atom stereocenters. The highest BCUT2D eigenvalue weighted by Gasteiger charge is 2.30. The monoisotopic (exact) mass is 226 g/mol. The zero-order valence-corrected chi connectivity index (χ0v) is 10.0. The van der Waals surface area contributed by atoms with Gasteiger partial charge in [0.1, 0.15) is 5.75 Å². The van der Waals surface area contributed by atoms with E-state index in [0.29, 0.717) is 5.75 Å². The Hall–Kier alpha value is -1.08. The first-order valence-corrected chi connectivity index (χ1v) is 6.87. The van der Waals surface area contributed by atoms with Gasteiger partial charge in [0.15, 0.2) is 0 Å². The lowest BCUT2D eigenvalue weighted by Crippen LogP contribution is -2.10. The van der Waals surface area contributed by atoms with Gasteiger partial charge in [-0.1, -0.05) is 32.0 Å². The molecule has 0 bridgehead atoms. The third-order valence-electron chi connectivity index (χ3n) is 1.92. The van der Waals surface area contributed by atoms with Crippen molar-refractivity contribution in [3.05, 3.63) is 30.3 Å². The minimum atomic E-state index is -3.20. The van der Waals surface area contributed by atoms with E-state index in [-0.39, 0.29) is 11.4 Å². The Balaban J connectivity index is 2.82. The zero-order valence-electron chi connectivity index (χ0n) is 9.14. The smallest absolute Gasteiger partial charge is 0.309 e. The maximum Gasteiger partial charge on any atom is 0.309 e. The van der Waals surface area contributed by atoms with Crippen molar-refractivity contribution in [1.82, 2.24) is 0 Å². The lowest BCUT2D eigenvalue weighted by molar-refractivity contribution is -0.115. The van der Waals surface area contributed by atoms with Gasteiger partial charge in [-0.2, -0.15) is 0 Å². The van der Waals surface area contributed by atoms with E-state index >= 15 is 0 Å². The molecule has 82 valence electrons. The van der Waals surface area contributed by atoms with Crippen LogP contribution in [0, 0.1) is 5.92 Å². The van der Waals surface area contributed by atoms with Crippen LogP contribution >= 0.6 is 7.37 Å². The highest BCUT2D eigenvalue weighted by Crippen LogP contribution is 2.45. The molecule has 0 aliphatic carbocycles. The molecular formula is C11H15O3P. The minimum Gasteiger partial charge on any atom is -0.438 e. The lowest BCUT2D eigenvalue weighted by atomic mass is 10.3. The maximum atomic E-state index is 12.0. The van der Waals surface area contributed by atoms with Gasteiger partial charge < -0.3 is 4.52 Å². The largest absolute Gasteiger partial charge is 0.438 e. The van der Waals surface area contributed by atoms with Crippen molar-refractivity contribution in [3.63, 3.8) is 0 Å². The molecule has 3 nitrogen and oxygen atoms in total. The van der Waals surface area contributed by atoms with E-state index in [1.807, 2.05) is 6.07 Å². The second-order valence-electron chi connectivity index (χ2n) is 3.74. The molecule has 1 rings (SSSR count). The number of carbonyl (C=O) groups excluding carboxylic acids is 1. The number of rotatable bonds is 4. The first kappa shape index (κ1) is 12.0. The Bertz CT molecular complexity index is 384. The Morgan fingerprint density at radius 1 is 1.27 bits per heavy atom. The number of hydrogen-bond acceptors (Lipinski definition) is 3. The zero-order chi connectivity index (χ0) is 11.5. The average Bonchev–Trinajstić information content (AvgIpc) is 2.17. The van der Waals surface area contributed by atoms with Crippen LogP contribution in [0.5, 0.6) is 5.75 Å². The average molecular weight is 226 g/mol. The Kier molecular flexibility index (Phi) is 3.70. The van der Waals surface area contributed by atoms with E-state index in [2.05, 4.69) is 0 Å². The molecular weight excluding hydrogens is 211 g/mol. The maximum absolute atomic E-state index is 12.0. The Morgan fingerprint density at radius 3 is 2.27 bits per heavy atom. The van der Waals surface area contributed by atoms with Gasteiger partial charge in [0.2, 0.25) is 5.52 Å². The highest BCUT2D eigenvalue weighted by molar-refractivity contribution is 7.75. The van der Waals surface area contributed by atoms with Crippen molar-refractivity contribution in [2.75, 3.05) is 6.66 Å². The summed E-state index contributed by atoms with van der Waals surface area (Å²) in [5.41, 5.74) is -0.327. The van der Waals surface area contributed by atoms with Crippen molar-refractivity contribution in [2.45, 2.75) is 13.8 Å². The van der Waals surface area contributed by atoms with Gasteiger partial charge in [-0.05, 0) is 12.1 Å². The fourth-order valence-corrected chi connectivity index (χ4v) is 2.75. The fraction of sp³-hybridized carbons (Fsp3) is 0.364. The van der Waals surface area contributed by atoms with E-state index in [9.17, 15) is 9.36 Å². The molecule has 4 heteroatoms. The lowest BCUT2D eigenvalue weighted by Gasteiger charge is -2.15. The predicted molar refractivity (Wildman–Crippen MR) is 60.4 cm³/mol. The molecule has 1 aromatic carbocycles. The highest BCUT2D eigenvalue weighted by atomic mass is 31.2. The van der Waals surface area contributed by atoms with Gasteiger partial charge in [-0.15, -0.1) is 0 Å². The molecule has 0 heterocycles. The van der Waals surface area contributed by atoms with Crippen LogP contribution in [0.1, 0.15) is 13.8 Å². The molecule has 0 saturated carbocycles. The number of para-hydroxylation sites is 1. The Labute approximate surface area is 89.9 Å². The van der Waals surface area contributed by atoms with E-state index in [0.717, 1.165) is 0 Å². The van der Waals surface area contributed by atoms with Crippen molar-refractivity contribution in [1.29, 1.82) is 0 Å². The summed E-state index contributed by atoms with van der Waals surface area (Å²) in [6.45, 7) is 4.79. The molecule has 0 aliphatic rings. The molecule has 0 amide bonds. The first-order chi connectivity index (χ1) is 6.93. The van der Waals surface area contributed by atoms with Crippen LogP contribution in [0.15, 0.2) is 30.3 Å². The van der Waals surface area contributed by atoms with Gasteiger partial charge in [-0.3, -0.25) is 9.36 Å². The minimum absolute atomic E-state index is 0.274.